The molecule has 25 heavy (non-hydrogen) atoms. The molecule has 0 spiro atoms. The molecule has 4 nitrogen and oxygen atoms in total. The van der Waals surface area contributed by atoms with E-state index in [1.54, 1.807) is 0 Å². The van der Waals surface area contributed by atoms with Crippen LogP contribution < -0.4 is 11.1 Å². The highest BCUT2D eigenvalue weighted by molar-refractivity contribution is 6.16. The van der Waals surface area contributed by atoms with E-state index in [4.69, 9.17) is 10.7 Å². The number of H-pyrrole nitrogens is 1. The summed E-state index contributed by atoms with van der Waals surface area (Å²) in [5.74, 6) is 0. The quantitative estimate of drug-likeness (QED) is 0.391. The Bertz CT molecular complexity index is 1220. The van der Waals surface area contributed by atoms with Crippen LogP contribution in [0.3, 0.4) is 0 Å². The van der Waals surface area contributed by atoms with Crippen LogP contribution in [0.4, 0.5) is 17.1 Å². The zero-order valence-corrected chi connectivity index (χ0v) is 13.5. The largest absolute Gasteiger partial charge is 0.399 e. The number of nitrogens with zero attached hydrogens (tertiary/aromatic N) is 1. The van der Waals surface area contributed by atoms with Gasteiger partial charge in [0.2, 0.25) is 0 Å². The Morgan fingerprint density at radius 1 is 0.800 bits per heavy atom. The van der Waals surface area contributed by atoms with Crippen LogP contribution >= 0.6 is 0 Å². The molecule has 5 aromatic rings. The van der Waals surface area contributed by atoms with Gasteiger partial charge in [-0.1, -0.05) is 36.4 Å². The number of para-hydroxylation sites is 2. The Kier molecular flexibility index (Phi) is 2.91. The highest BCUT2D eigenvalue weighted by Gasteiger charge is 2.13. The Hall–Kier alpha value is -3.53. The highest BCUT2D eigenvalue weighted by atomic mass is 14.9. The molecule has 2 aromatic heterocycles. The monoisotopic (exact) mass is 324 g/mol. The number of pyridine rings is 1. The van der Waals surface area contributed by atoms with Crippen molar-refractivity contribution in [1.29, 1.82) is 0 Å². The lowest BCUT2D eigenvalue weighted by Gasteiger charge is -2.11. The van der Waals surface area contributed by atoms with Crippen molar-refractivity contribution in [1.82, 2.24) is 9.97 Å². The molecule has 2 heterocycles. The Morgan fingerprint density at radius 2 is 1.52 bits per heavy atom. The predicted octanol–water partition coefficient (Wildman–Crippen LogP) is 5.20. The van der Waals surface area contributed by atoms with Crippen LogP contribution in [0.25, 0.3) is 32.8 Å². The maximum absolute atomic E-state index is 5.81. The third kappa shape index (κ3) is 2.19. The van der Waals surface area contributed by atoms with Crippen LogP contribution in [-0.4, -0.2) is 9.97 Å². The number of benzene rings is 3. The van der Waals surface area contributed by atoms with E-state index in [1.807, 2.05) is 54.6 Å². The van der Waals surface area contributed by atoms with Gasteiger partial charge in [-0.05, 0) is 36.4 Å². The van der Waals surface area contributed by atoms with Crippen molar-refractivity contribution >= 4 is 49.9 Å². The summed E-state index contributed by atoms with van der Waals surface area (Å²) in [5, 5.41) is 5.76. The average Bonchev–Trinajstić information content (AvgIpc) is 3.02. The maximum atomic E-state index is 5.81. The van der Waals surface area contributed by atoms with E-state index in [1.165, 1.54) is 0 Å². The highest BCUT2D eigenvalue weighted by Crippen LogP contribution is 2.36. The van der Waals surface area contributed by atoms with Crippen molar-refractivity contribution in [2.24, 2.45) is 0 Å². The molecule has 0 saturated heterocycles. The summed E-state index contributed by atoms with van der Waals surface area (Å²) in [7, 11) is 0. The zero-order chi connectivity index (χ0) is 16.8. The number of rotatable bonds is 2. The molecule has 0 fully saturated rings. The summed E-state index contributed by atoms with van der Waals surface area (Å²) in [4.78, 5) is 8.41. The minimum atomic E-state index is 0.751. The molecule has 0 radical (unpaired) electrons. The standard InChI is InChI=1S/C21H16N4/c22-13-9-11-14(12-10-13)23-19-15-5-1-3-7-17(15)24-20-16-6-2-4-8-18(16)25-21(19)20/h1-12,25H,22H2,(H,23,24). The molecule has 3 aromatic carbocycles. The normalized spacial score (nSPS) is 11.4. The summed E-state index contributed by atoms with van der Waals surface area (Å²) in [6.07, 6.45) is 0. The second-order valence-corrected chi connectivity index (χ2v) is 6.15. The van der Waals surface area contributed by atoms with Crippen LogP contribution in [0, 0.1) is 0 Å². The molecule has 0 aliphatic carbocycles. The number of nitrogen functional groups attached to an aromatic ring is 1. The van der Waals surface area contributed by atoms with E-state index in [2.05, 4.69) is 28.5 Å². The third-order valence-corrected chi connectivity index (χ3v) is 4.51. The van der Waals surface area contributed by atoms with Gasteiger partial charge in [0.15, 0.2) is 0 Å². The summed E-state index contributed by atoms with van der Waals surface area (Å²) >= 11 is 0. The summed E-state index contributed by atoms with van der Waals surface area (Å²) in [6.45, 7) is 0. The van der Waals surface area contributed by atoms with Crippen molar-refractivity contribution < 1.29 is 0 Å². The Labute approximate surface area is 144 Å². The lowest BCUT2D eigenvalue weighted by atomic mass is 10.1. The van der Waals surface area contributed by atoms with Crippen LogP contribution in [0.15, 0.2) is 72.8 Å². The van der Waals surface area contributed by atoms with E-state index in [0.717, 1.165) is 49.9 Å². The number of anilines is 3. The van der Waals surface area contributed by atoms with Crippen LogP contribution in [0.2, 0.25) is 0 Å². The van der Waals surface area contributed by atoms with Gasteiger partial charge in [0.25, 0.3) is 0 Å². The molecule has 4 N–H and O–H groups in total. The fourth-order valence-corrected chi connectivity index (χ4v) is 3.30. The smallest absolute Gasteiger partial charge is 0.0986 e. The number of fused-ring (bicyclic) bond motifs is 4. The number of hydrogen-bond acceptors (Lipinski definition) is 3. The van der Waals surface area contributed by atoms with Gasteiger partial charge in [0.05, 0.1) is 22.2 Å². The minimum Gasteiger partial charge on any atom is -0.399 e. The van der Waals surface area contributed by atoms with Crippen molar-refractivity contribution in [2.45, 2.75) is 0 Å². The molecule has 0 aliphatic heterocycles. The molecule has 0 saturated carbocycles. The third-order valence-electron chi connectivity index (χ3n) is 4.51. The molecular weight excluding hydrogens is 308 g/mol. The summed E-state index contributed by atoms with van der Waals surface area (Å²) in [6, 6.07) is 24.2. The molecule has 120 valence electrons. The van der Waals surface area contributed by atoms with Gasteiger partial charge >= 0.3 is 0 Å². The van der Waals surface area contributed by atoms with Crippen LogP contribution in [-0.2, 0) is 0 Å². The number of aromatic nitrogens is 2. The lowest BCUT2D eigenvalue weighted by molar-refractivity contribution is 1.47. The first-order valence-corrected chi connectivity index (χ1v) is 8.21. The van der Waals surface area contributed by atoms with E-state index in [0.29, 0.717) is 0 Å². The van der Waals surface area contributed by atoms with E-state index in [-0.39, 0.29) is 0 Å². The van der Waals surface area contributed by atoms with Crippen molar-refractivity contribution in [2.75, 3.05) is 11.1 Å². The van der Waals surface area contributed by atoms with E-state index < -0.39 is 0 Å². The van der Waals surface area contributed by atoms with Gasteiger partial charge in [-0.3, -0.25) is 0 Å². The minimum absolute atomic E-state index is 0.751. The number of aromatic amines is 1. The van der Waals surface area contributed by atoms with Crippen molar-refractivity contribution in [3.8, 4) is 0 Å². The second kappa shape index (κ2) is 5.24. The Morgan fingerprint density at radius 3 is 2.36 bits per heavy atom. The molecule has 4 heteroatoms. The molecule has 0 bridgehead atoms. The maximum Gasteiger partial charge on any atom is 0.0986 e. The van der Waals surface area contributed by atoms with Crippen molar-refractivity contribution in [3.63, 3.8) is 0 Å². The zero-order valence-electron chi connectivity index (χ0n) is 13.5. The van der Waals surface area contributed by atoms with Gasteiger partial charge in [0, 0.05) is 27.7 Å². The van der Waals surface area contributed by atoms with Crippen molar-refractivity contribution in [3.05, 3.63) is 72.8 Å². The van der Waals surface area contributed by atoms with Crippen LogP contribution in [0.1, 0.15) is 0 Å². The summed E-state index contributed by atoms with van der Waals surface area (Å²) in [5.41, 5.74) is 12.6. The number of nitrogens with one attached hydrogen (secondary N) is 2. The Balaban J connectivity index is 1.84. The molecule has 5 rings (SSSR count). The van der Waals surface area contributed by atoms with Gasteiger partial charge in [0.1, 0.15) is 0 Å². The van der Waals surface area contributed by atoms with Gasteiger partial charge in [-0.15, -0.1) is 0 Å². The fourth-order valence-electron chi connectivity index (χ4n) is 3.30. The lowest BCUT2D eigenvalue weighted by Crippen LogP contribution is -1.95. The molecular formula is C21H16N4. The first-order valence-electron chi connectivity index (χ1n) is 8.21. The van der Waals surface area contributed by atoms with E-state index in [9.17, 15) is 0 Å². The average molecular weight is 324 g/mol. The molecule has 0 atom stereocenters. The fraction of sp³-hybridized carbons (Fsp3) is 0. The topological polar surface area (TPSA) is 66.7 Å². The number of hydrogen-bond donors (Lipinski definition) is 3. The molecule has 0 unspecified atom stereocenters. The SMILES string of the molecule is Nc1ccc(Nc2c3ccccc3nc3c2[nH]c2ccccc23)cc1. The summed E-state index contributed by atoms with van der Waals surface area (Å²) < 4.78 is 0. The van der Waals surface area contributed by atoms with Crippen LogP contribution in [0.5, 0.6) is 0 Å². The van der Waals surface area contributed by atoms with Gasteiger partial charge in [-0.2, -0.15) is 0 Å². The van der Waals surface area contributed by atoms with E-state index >= 15 is 0 Å². The molecule has 0 amide bonds. The van der Waals surface area contributed by atoms with Gasteiger partial charge < -0.3 is 16.0 Å². The van der Waals surface area contributed by atoms with Gasteiger partial charge in [-0.25, -0.2) is 4.98 Å². The first kappa shape index (κ1) is 13.9. The number of nitrogens with two attached hydrogens (primary N) is 1. The molecule has 0 aliphatic rings. The predicted molar refractivity (Wildman–Crippen MR) is 105 cm³/mol. The first-order chi connectivity index (χ1) is 12.3. The second-order valence-electron chi connectivity index (χ2n) is 6.15.